The molecule has 110 valence electrons. The van der Waals surface area contributed by atoms with Crippen LogP contribution < -0.4 is 5.32 Å². The summed E-state index contributed by atoms with van der Waals surface area (Å²) in [5.41, 5.74) is 0. The van der Waals surface area contributed by atoms with E-state index in [0.717, 1.165) is 24.2 Å². The van der Waals surface area contributed by atoms with Crippen LogP contribution >= 0.6 is 11.3 Å². The minimum Gasteiger partial charge on any atom is -0.480 e. The van der Waals surface area contributed by atoms with Gasteiger partial charge in [-0.25, -0.2) is 4.98 Å². The van der Waals surface area contributed by atoms with Crippen molar-refractivity contribution in [3.05, 3.63) is 16.3 Å². The number of aliphatic carboxylic acids is 1. The van der Waals surface area contributed by atoms with E-state index in [4.69, 9.17) is 5.11 Å². The topological polar surface area (TPSA) is 109 Å². The predicted octanol–water partition coefficient (Wildman–Crippen LogP) is 1.40. The highest BCUT2D eigenvalue weighted by Crippen LogP contribution is 2.31. The summed E-state index contributed by atoms with van der Waals surface area (Å²) >= 11 is 1.02. The maximum atomic E-state index is 10.7. The normalized spacial score (nSPS) is 21.5. The Bertz CT molecular complexity index is 500. The van der Waals surface area contributed by atoms with Crippen LogP contribution in [0.1, 0.15) is 19.8 Å². The Morgan fingerprint density at radius 2 is 2.40 bits per heavy atom. The molecule has 0 aromatic carbocycles. The molecule has 1 aliphatic carbocycles. The highest BCUT2D eigenvalue weighted by molar-refractivity contribution is 7.18. The molecule has 8 nitrogen and oxygen atoms in total. The van der Waals surface area contributed by atoms with Crippen LogP contribution in [0.25, 0.3) is 0 Å². The molecule has 2 rings (SSSR count). The minimum absolute atomic E-state index is 0.0180. The van der Waals surface area contributed by atoms with Crippen molar-refractivity contribution in [1.29, 1.82) is 0 Å². The van der Waals surface area contributed by atoms with Crippen LogP contribution in [0.15, 0.2) is 6.20 Å². The number of thiazole rings is 1. The monoisotopic (exact) mass is 300 g/mol. The van der Waals surface area contributed by atoms with E-state index < -0.39 is 10.9 Å². The van der Waals surface area contributed by atoms with E-state index >= 15 is 0 Å². The molecule has 2 N–H and O–H groups in total. The van der Waals surface area contributed by atoms with Crippen molar-refractivity contribution in [3.63, 3.8) is 0 Å². The summed E-state index contributed by atoms with van der Waals surface area (Å²) in [6.07, 6.45) is 2.90. The number of nitrogens with one attached hydrogen (secondary N) is 1. The van der Waals surface area contributed by atoms with Crippen molar-refractivity contribution in [2.24, 2.45) is 0 Å². The Morgan fingerprint density at radius 1 is 1.70 bits per heavy atom. The molecule has 0 atom stereocenters. The number of carbonyl (C=O) groups is 1. The third-order valence-corrected chi connectivity index (χ3v) is 4.26. The number of carboxylic acids is 1. The van der Waals surface area contributed by atoms with Gasteiger partial charge >= 0.3 is 11.0 Å². The van der Waals surface area contributed by atoms with E-state index in [9.17, 15) is 14.9 Å². The standard InChI is InChI=1S/C11H16N4O4S/c1-2-14(6-10(16)17)8-3-7(4-8)13-11-12-5-9(20-11)15(18)19/h5,7-8H,2-4,6H2,1H3,(H,12,13)(H,16,17). The number of rotatable bonds is 7. The smallest absolute Gasteiger partial charge is 0.345 e. The summed E-state index contributed by atoms with van der Waals surface area (Å²) in [5, 5.41) is 23.1. The van der Waals surface area contributed by atoms with E-state index in [-0.39, 0.29) is 23.6 Å². The lowest BCUT2D eigenvalue weighted by Crippen LogP contribution is -2.51. The first-order valence-corrected chi connectivity index (χ1v) is 7.13. The molecular formula is C11H16N4O4S. The first-order chi connectivity index (χ1) is 9.49. The van der Waals surface area contributed by atoms with E-state index in [1.165, 1.54) is 6.20 Å². The van der Waals surface area contributed by atoms with Crippen LogP contribution in [0.5, 0.6) is 0 Å². The molecule has 1 aromatic heterocycles. The van der Waals surface area contributed by atoms with Gasteiger partial charge in [0.25, 0.3) is 0 Å². The number of nitrogens with zero attached hydrogens (tertiary/aromatic N) is 3. The lowest BCUT2D eigenvalue weighted by atomic mass is 9.85. The molecule has 20 heavy (non-hydrogen) atoms. The maximum Gasteiger partial charge on any atom is 0.345 e. The fourth-order valence-electron chi connectivity index (χ4n) is 2.27. The van der Waals surface area contributed by atoms with Crippen molar-refractivity contribution < 1.29 is 14.8 Å². The molecule has 0 spiro atoms. The van der Waals surface area contributed by atoms with E-state index in [2.05, 4.69) is 10.3 Å². The Morgan fingerprint density at radius 3 is 2.90 bits per heavy atom. The van der Waals surface area contributed by atoms with Gasteiger partial charge in [0.2, 0.25) is 0 Å². The van der Waals surface area contributed by atoms with Crippen molar-refractivity contribution >= 4 is 27.4 Å². The Kier molecular flexibility index (Phi) is 4.50. The summed E-state index contributed by atoms with van der Waals surface area (Å²) in [7, 11) is 0. The van der Waals surface area contributed by atoms with Crippen LogP contribution in [-0.2, 0) is 4.79 Å². The number of hydrogen-bond acceptors (Lipinski definition) is 7. The summed E-state index contributed by atoms with van der Waals surface area (Å²) in [6.45, 7) is 2.69. The molecule has 1 fully saturated rings. The van der Waals surface area contributed by atoms with E-state index in [1.807, 2.05) is 11.8 Å². The Hall–Kier alpha value is -1.74. The van der Waals surface area contributed by atoms with Crippen molar-refractivity contribution in [2.45, 2.75) is 31.8 Å². The number of nitro groups is 1. The van der Waals surface area contributed by atoms with E-state index in [0.29, 0.717) is 11.7 Å². The van der Waals surface area contributed by atoms with Gasteiger partial charge in [0.05, 0.1) is 11.5 Å². The summed E-state index contributed by atoms with van der Waals surface area (Å²) < 4.78 is 0. The molecule has 0 aliphatic heterocycles. The molecule has 9 heteroatoms. The van der Waals surface area contributed by atoms with Crippen LogP contribution in [0.3, 0.4) is 0 Å². The third-order valence-electron chi connectivity index (χ3n) is 3.38. The molecule has 0 amide bonds. The van der Waals surface area contributed by atoms with Crippen LogP contribution in [0.4, 0.5) is 10.1 Å². The molecule has 0 radical (unpaired) electrons. The first-order valence-electron chi connectivity index (χ1n) is 6.32. The molecule has 0 unspecified atom stereocenters. The van der Waals surface area contributed by atoms with Gasteiger partial charge in [-0.1, -0.05) is 6.92 Å². The fourth-order valence-corrected chi connectivity index (χ4v) is 2.98. The van der Waals surface area contributed by atoms with Crippen molar-refractivity contribution in [3.8, 4) is 0 Å². The van der Waals surface area contributed by atoms with Gasteiger partial charge in [0, 0.05) is 12.1 Å². The lowest BCUT2D eigenvalue weighted by Gasteiger charge is -2.42. The summed E-state index contributed by atoms with van der Waals surface area (Å²) in [6, 6.07) is 0.456. The number of hydrogen-bond donors (Lipinski definition) is 2. The SMILES string of the molecule is CCN(CC(=O)O)C1CC(Nc2ncc([N+](=O)[O-])s2)C1. The Balaban J connectivity index is 1.80. The number of aromatic nitrogens is 1. The maximum absolute atomic E-state index is 10.7. The third kappa shape index (κ3) is 3.42. The minimum atomic E-state index is -0.821. The summed E-state index contributed by atoms with van der Waals surface area (Å²) in [5.74, 6) is -0.821. The molecule has 1 aromatic rings. The zero-order chi connectivity index (χ0) is 14.7. The molecular weight excluding hydrogens is 284 g/mol. The van der Waals surface area contributed by atoms with Crippen LogP contribution in [-0.4, -0.2) is 51.1 Å². The van der Waals surface area contributed by atoms with Gasteiger partial charge in [0.15, 0.2) is 5.13 Å². The average Bonchev–Trinajstić information content (AvgIpc) is 2.79. The van der Waals surface area contributed by atoms with Crippen molar-refractivity contribution in [2.75, 3.05) is 18.4 Å². The molecule has 1 saturated carbocycles. The van der Waals surface area contributed by atoms with E-state index in [1.54, 1.807) is 0 Å². The number of anilines is 1. The lowest BCUT2D eigenvalue weighted by molar-refractivity contribution is -0.380. The summed E-state index contributed by atoms with van der Waals surface area (Å²) in [4.78, 5) is 26.7. The quantitative estimate of drug-likeness (QED) is 0.578. The van der Waals surface area contributed by atoms with Gasteiger partial charge in [0.1, 0.15) is 6.20 Å². The van der Waals surface area contributed by atoms with Gasteiger partial charge in [-0.2, -0.15) is 0 Å². The van der Waals surface area contributed by atoms with Gasteiger partial charge in [-0.05, 0) is 30.7 Å². The number of carboxylic acid groups (broad SMARTS) is 1. The fraction of sp³-hybridized carbons (Fsp3) is 0.636. The first kappa shape index (κ1) is 14.7. The van der Waals surface area contributed by atoms with Gasteiger partial charge < -0.3 is 10.4 Å². The van der Waals surface area contributed by atoms with Crippen LogP contribution in [0.2, 0.25) is 0 Å². The zero-order valence-corrected chi connectivity index (χ0v) is 11.8. The largest absolute Gasteiger partial charge is 0.480 e. The second-order valence-corrected chi connectivity index (χ2v) is 5.69. The highest BCUT2D eigenvalue weighted by Gasteiger charge is 2.34. The molecule has 0 saturated heterocycles. The second kappa shape index (κ2) is 6.14. The van der Waals surface area contributed by atoms with Crippen molar-refractivity contribution in [1.82, 2.24) is 9.88 Å². The predicted molar refractivity (Wildman–Crippen MR) is 74.1 cm³/mol. The van der Waals surface area contributed by atoms with Gasteiger partial charge in [-0.3, -0.25) is 19.8 Å². The number of likely N-dealkylation sites (N-methyl/N-ethyl adjacent to an activating group) is 1. The van der Waals surface area contributed by atoms with Crippen LogP contribution in [0, 0.1) is 10.1 Å². The second-order valence-electron chi connectivity index (χ2n) is 4.68. The molecule has 0 bridgehead atoms. The highest BCUT2D eigenvalue weighted by atomic mass is 32.1. The molecule has 1 aliphatic rings. The molecule has 1 heterocycles. The Labute approximate surface area is 119 Å². The average molecular weight is 300 g/mol. The zero-order valence-electron chi connectivity index (χ0n) is 11.0. The van der Waals surface area contributed by atoms with Gasteiger partial charge in [-0.15, -0.1) is 0 Å².